The lowest BCUT2D eigenvalue weighted by Gasteiger charge is -2.65. The highest BCUT2D eigenvalue weighted by atomic mass is 19.2. The normalized spacial score (nSPS) is 33.6. The molecule has 3 nitrogen and oxygen atoms in total. The summed E-state index contributed by atoms with van der Waals surface area (Å²) in [4.78, 5) is 16.1. The number of alkyl halides is 2. The highest BCUT2D eigenvalue weighted by molar-refractivity contribution is 6.07. The fourth-order valence-electron chi connectivity index (χ4n) is 9.61. The van der Waals surface area contributed by atoms with Gasteiger partial charge in [0.15, 0.2) is 22.4 Å². The van der Waals surface area contributed by atoms with Gasteiger partial charge >= 0.3 is 0 Å². The number of Topliss-reactive ketones (excluding diaryl/α,β-unsaturated/α-hetero) is 1. The van der Waals surface area contributed by atoms with Crippen molar-refractivity contribution in [3.05, 3.63) is 214 Å². The van der Waals surface area contributed by atoms with Gasteiger partial charge in [-0.3, -0.25) is 4.79 Å². The molecule has 4 aliphatic heterocycles. The molecule has 2 unspecified atom stereocenters. The van der Waals surface area contributed by atoms with E-state index in [2.05, 4.69) is 0 Å². The second-order valence-electron chi connectivity index (χ2n) is 13.1. The van der Waals surface area contributed by atoms with E-state index in [1.165, 1.54) is 0 Å². The van der Waals surface area contributed by atoms with Crippen LogP contribution in [0.1, 0.15) is 44.5 Å². The number of carbonyl (C=O) groups excluding carboxylic acids is 1. The summed E-state index contributed by atoms with van der Waals surface area (Å²) in [6.07, 6.45) is 0. The Balaban J connectivity index is 1.50. The van der Waals surface area contributed by atoms with Crippen LogP contribution >= 0.6 is 0 Å². The Hall–Kier alpha value is -5.23. The summed E-state index contributed by atoms with van der Waals surface area (Å²) in [5.41, 5.74) is -11.6. The van der Waals surface area contributed by atoms with E-state index >= 15 is 13.6 Å². The van der Waals surface area contributed by atoms with Crippen molar-refractivity contribution in [2.45, 2.75) is 33.7 Å². The standard InChI is InChI=1S/C43H28F2O3/c44-42-37(46)43(45,40(31-21-9-3-10-22-31)34-26-14-13-25-33(34)38(42,47-40)29-17-5-1-6-18-29)41(32-23-11-4-12-24-32)36-28-16-15-27-35(36)39(42,48-41)30-19-7-2-8-20-30/h1-28H/t38-,39+,40+,41-,42?,43?. The Labute approximate surface area is 276 Å². The van der Waals surface area contributed by atoms with Gasteiger partial charge in [-0.2, -0.15) is 0 Å². The van der Waals surface area contributed by atoms with Crippen LogP contribution < -0.4 is 0 Å². The molecule has 4 heterocycles. The maximum absolute atomic E-state index is 20.2. The van der Waals surface area contributed by atoms with Crippen molar-refractivity contribution in [3.63, 3.8) is 0 Å². The fourth-order valence-corrected chi connectivity index (χ4v) is 9.61. The Kier molecular flexibility index (Phi) is 5.23. The molecule has 0 aliphatic carbocycles. The minimum atomic E-state index is -3.15. The van der Waals surface area contributed by atoms with Crippen LogP contribution in [0.3, 0.4) is 0 Å². The van der Waals surface area contributed by atoms with Crippen LogP contribution in [-0.4, -0.2) is 17.1 Å². The van der Waals surface area contributed by atoms with Gasteiger partial charge in [0.25, 0.3) is 0 Å². The van der Waals surface area contributed by atoms with Crippen LogP contribution in [0.15, 0.2) is 170 Å². The van der Waals surface area contributed by atoms with Crippen molar-refractivity contribution in [2.75, 3.05) is 0 Å². The molecule has 6 atom stereocenters. The van der Waals surface area contributed by atoms with Crippen molar-refractivity contribution in [1.29, 1.82) is 0 Å². The number of hydrogen-bond acceptors (Lipinski definition) is 3. The number of halogens is 2. The van der Waals surface area contributed by atoms with E-state index in [0.717, 1.165) is 0 Å². The van der Waals surface area contributed by atoms with Crippen molar-refractivity contribution < 1.29 is 23.0 Å². The molecule has 4 aliphatic rings. The number of ether oxygens (including phenoxy) is 2. The number of rotatable bonds is 4. The van der Waals surface area contributed by atoms with Gasteiger partial charge in [-0.05, 0) is 44.5 Å². The largest absolute Gasteiger partial charge is 0.341 e. The first-order valence-corrected chi connectivity index (χ1v) is 16.2. The predicted octanol–water partition coefficient (Wildman–Crippen LogP) is 8.43. The van der Waals surface area contributed by atoms with Gasteiger partial charge in [-0.15, -0.1) is 0 Å². The average Bonchev–Trinajstić information content (AvgIpc) is 3.65. The third-order valence-corrected chi connectivity index (χ3v) is 11.3. The summed E-state index contributed by atoms with van der Waals surface area (Å²) in [7, 11) is 0. The smallest absolute Gasteiger partial charge is 0.246 e. The summed E-state index contributed by atoms with van der Waals surface area (Å²) in [6, 6.07) is 50.0. The number of benzene rings is 6. The quantitative estimate of drug-likeness (QED) is 0.196. The molecule has 0 spiro atoms. The first-order valence-electron chi connectivity index (χ1n) is 16.2. The molecule has 0 saturated carbocycles. The summed E-state index contributed by atoms with van der Waals surface area (Å²) < 4.78 is 55.2. The Morgan fingerprint density at radius 1 is 0.333 bits per heavy atom. The van der Waals surface area contributed by atoms with Gasteiger partial charge in [-0.1, -0.05) is 170 Å². The minimum Gasteiger partial charge on any atom is -0.341 e. The van der Waals surface area contributed by atoms with Gasteiger partial charge in [0.2, 0.25) is 17.1 Å². The molecule has 10 rings (SSSR count). The molecule has 0 amide bonds. The maximum atomic E-state index is 20.2. The zero-order chi connectivity index (χ0) is 32.4. The SMILES string of the molecule is O=C1C2(F)[C@]3(c4ccccc4)O[C@@](c4ccccc4)(c4ccccc43)C1(F)[C@]1(c3ccccc3)O[C@@]2(c2ccccc2)c2ccccc21. The average molecular weight is 631 g/mol. The van der Waals surface area contributed by atoms with Crippen LogP contribution in [0.5, 0.6) is 0 Å². The van der Waals surface area contributed by atoms with Gasteiger partial charge in [-0.25, -0.2) is 8.78 Å². The molecule has 2 saturated heterocycles. The molecular weight excluding hydrogens is 602 g/mol. The van der Waals surface area contributed by atoms with E-state index in [0.29, 0.717) is 44.5 Å². The van der Waals surface area contributed by atoms with Crippen LogP contribution in [0.25, 0.3) is 0 Å². The van der Waals surface area contributed by atoms with Gasteiger partial charge in [0.1, 0.15) is 0 Å². The number of fused-ring (bicyclic) bond motifs is 16. The first-order chi connectivity index (χ1) is 23.4. The number of carbonyl (C=O) groups is 1. The zero-order valence-electron chi connectivity index (χ0n) is 25.6. The molecule has 2 fully saturated rings. The Morgan fingerprint density at radius 2 is 0.542 bits per heavy atom. The molecule has 6 bridgehead atoms. The highest BCUT2D eigenvalue weighted by Crippen LogP contribution is 2.81. The van der Waals surface area contributed by atoms with E-state index in [1.54, 1.807) is 146 Å². The third-order valence-electron chi connectivity index (χ3n) is 11.3. The monoisotopic (exact) mass is 630 g/mol. The molecule has 6 aromatic rings. The second-order valence-corrected chi connectivity index (χ2v) is 13.1. The molecule has 48 heavy (non-hydrogen) atoms. The maximum Gasteiger partial charge on any atom is 0.246 e. The topological polar surface area (TPSA) is 35.5 Å². The summed E-state index contributed by atoms with van der Waals surface area (Å²) in [5, 5.41) is 0. The first kappa shape index (κ1) is 27.8. The lowest BCUT2D eigenvalue weighted by atomic mass is 9.53. The molecule has 0 aromatic heterocycles. The summed E-state index contributed by atoms with van der Waals surface area (Å²) in [6.45, 7) is 0. The second kappa shape index (κ2) is 9.01. The van der Waals surface area contributed by atoms with Crippen LogP contribution in [0.4, 0.5) is 8.78 Å². The van der Waals surface area contributed by atoms with Crippen LogP contribution in [0, 0.1) is 0 Å². The Bertz CT molecular complexity index is 1950. The summed E-state index contributed by atoms with van der Waals surface area (Å²) in [5.74, 6) is -1.21. The number of ketones is 1. The van der Waals surface area contributed by atoms with Crippen molar-refractivity contribution in [2.24, 2.45) is 0 Å². The minimum absolute atomic E-state index is 0.391. The van der Waals surface area contributed by atoms with E-state index < -0.39 is 39.5 Å². The molecule has 5 heteroatoms. The molecule has 6 aromatic carbocycles. The van der Waals surface area contributed by atoms with Crippen LogP contribution in [0.2, 0.25) is 0 Å². The zero-order valence-corrected chi connectivity index (χ0v) is 25.6. The van der Waals surface area contributed by atoms with E-state index in [1.807, 2.05) is 24.3 Å². The predicted molar refractivity (Wildman–Crippen MR) is 177 cm³/mol. The Morgan fingerprint density at radius 3 is 0.771 bits per heavy atom. The van der Waals surface area contributed by atoms with Crippen molar-refractivity contribution in [1.82, 2.24) is 0 Å². The molecule has 0 N–H and O–H groups in total. The van der Waals surface area contributed by atoms with E-state index in [9.17, 15) is 0 Å². The highest BCUT2D eigenvalue weighted by Gasteiger charge is 2.97. The van der Waals surface area contributed by atoms with Crippen molar-refractivity contribution in [3.8, 4) is 0 Å². The molecule has 0 radical (unpaired) electrons. The lowest BCUT2D eigenvalue weighted by molar-refractivity contribution is -0.360. The third kappa shape index (κ3) is 2.62. The molecular formula is C43H28F2O3. The lowest BCUT2D eigenvalue weighted by Crippen LogP contribution is -2.84. The fraction of sp³-hybridized carbons (Fsp3) is 0.140. The van der Waals surface area contributed by atoms with E-state index in [-0.39, 0.29) is 0 Å². The van der Waals surface area contributed by atoms with Crippen molar-refractivity contribution >= 4 is 5.78 Å². The van der Waals surface area contributed by atoms with Gasteiger partial charge in [0, 0.05) is 0 Å². The van der Waals surface area contributed by atoms with Gasteiger partial charge < -0.3 is 9.47 Å². The van der Waals surface area contributed by atoms with E-state index in [4.69, 9.17) is 9.47 Å². The van der Waals surface area contributed by atoms with Gasteiger partial charge in [0.05, 0.1) is 0 Å². The summed E-state index contributed by atoms with van der Waals surface area (Å²) >= 11 is 0. The molecule has 232 valence electrons. The number of hydrogen-bond donors (Lipinski definition) is 0. The van der Waals surface area contributed by atoms with Crippen LogP contribution in [-0.2, 0) is 36.7 Å².